The standard InChI is InChI=1S/C35H32Br2FN3O4/c1-6-44-30-16-23(31(36)32(37)33(30)45-19-22-11-13-24(38)14-12-22)18-39-41-34(40-28-10-8-7-9-25(28)35(41)42)27-17-26(20(2)3)29(43-5)15-21(27)4/h7-18,20H,6,19H2,1-5H3. The van der Waals surface area contributed by atoms with Crippen molar-refractivity contribution in [3.8, 4) is 28.6 Å². The summed E-state index contributed by atoms with van der Waals surface area (Å²) in [5.74, 6) is 2.02. The molecule has 10 heteroatoms. The minimum Gasteiger partial charge on any atom is -0.496 e. The fourth-order valence-corrected chi connectivity index (χ4v) is 5.86. The SMILES string of the molecule is CCOc1cc(C=Nn2c(-c3cc(C(C)C)c(OC)cc3C)nc3ccccc3c2=O)c(Br)c(Br)c1OCc1ccc(F)cc1. The van der Waals surface area contributed by atoms with E-state index in [2.05, 4.69) is 45.7 Å². The van der Waals surface area contributed by atoms with Crippen molar-refractivity contribution >= 4 is 49.0 Å². The Labute approximate surface area is 277 Å². The molecule has 5 rings (SSSR count). The third-order valence-electron chi connectivity index (χ3n) is 7.26. The molecule has 0 aliphatic carbocycles. The van der Waals surface area contributed by atoms with Crippen molar-refractivity contribution in [2.45, 2.75) is 40.2 Å². The van der Waals surface area contributed by atoms with E-state index >= 15 is 0 Å². The van der Waals surface area contributed by atoms with Crippen molar-refractivity contribution in [2.24, 2.45) is 5.10 Å². The smallest absolute Gasteiger partial charge is 0.282 e. The lowest BCUT2D eigenvalue weighted by molar-refractivity contribution is 0.267. The summed E-state index contributed by atoms with van der Waals surface area (Å²) in [6.07, 6.45) is 1.59. The van der Waals surface area contributed by atoms with Gasteiger partial charge in [-0.1, -0.05) is 38.1 Å². The first kappa shape index (κ1) is 32.4. The maximum Gasteiger partial charge on any atom is 0.282 e. The number of para-hydroxylation sites is 1. The first-order valence-electron chi connectivity index (χ1n) is 14.4. The maximum atomic E-state index is 13.9. The molecule has 1 aromatic heterocycles. The zero-order valence-corrected chi connectivity index (χ0v) is 28.7. The molecule has 0 saturated heterocycles. The van der Waals surface area contributed by atoms with Crippen LogP contribution in [0, 0.1) is 12.7 Å². The van der Waals surface area contributed by atoms with Crippen molar-refractivity contribution in [2.75, 3.05) is 13.7 Å². The third-order valence-corrected chi connectivity index (χ3v) is 9.40. The van der Waals surface area contributed by atoms with Gasteiger partial charge in [0.15, 0.2) is 17.3 Å². The molecular weight excluding hydrogens is 705 g/mol. The van der Waals surface area contributed by atoms with E-state index in [9.17, 15) is 9.18 Å². The van der Waals surface area contributed by atoms with Gasteiger partial charge in [0.2, 0.25) is 0 Å². The molecule has 1 heterocycles. The van der Waals surface area contributed by atoms with Crippen LogP contribution in [0.3, 0.4) is 0 Å². The van der Waals surface area contributed by atoms with E-state index in [-0.39, 0.29) is 23.9 Å². The molecule has 0 amide bonds. The predicted molar refractivity (Wildman–Crippen MR) is 184 cm³/mol. The molecule has 0 unspecified atom stereocenters. The van der Waals surface area contributed by atoms with Gasteiger partial charge >= 0.3 is 0 Å². The number of benzene rings is 4. The van der Waals surface area contributed by atoms with Crippen LogP contribution in [0.2, 0.25) is 0 Å². The molecule has 4 aromatic carbocycles. The van der Waals surface area contributed by atoms with Gasteiger partial charge in [0.1, 0.15) is 18.2 Å². The first-order chi connectivity index (χ1) is 21.6. The Balaban J connectivity index is 1.63. The van der Waals surface area contributed by atoms with Crippen LogP contribution in [0.25, 0.3) is 22.3 Å². The number of aromatic nitrogens is 2. The number of halogens is 3. The highest BCUT2D eigenvalue weighted by Gasteiger charge is 2.20. The van der Waals surface area contributed by atoms with Gasteiger partial charge in [0, 0.05) is 15.6 Å². The molecule has 0 radical (unpaired) electrons. The molecular formula is C35H32Br2FN3O4. The lowest BCUT2D eigenvalue weighted by atomic mass is 9.96. The van der Waals surface area contributed by atoms with Crippen molar-refractivity contribution in [1.29, 1.82) is 0 Å². The molecule has 0 spiro atoms. The van der Waals surface area contributed by atoms with Crippen LogP contribution in [0.5, 0.6) is 17.2 Å². The van der Waals surface area contributed by atoms with Crippen LogP contribution < -0.4 is 19.8 Å². The molecule has 5 aromatic rings. The summed E-state index contributed by atoms with van der Waals surface area (Å²) in [5, 5.41) is 5.15. The first-order valence-corrected chi connectivity index (χ1v) is 16.0. The second kappa shape index (κ2) is 14.0. The topological polar surface area (TPSA) is 74.9 Å². The maximum absolute atomic E-state index is 13.9. The number of aryl methyl sites for hydroxylation is 1. The van der Waals surface area contributed by atoms with Gasteiger partial charge in [-0.05, 0) is 111 Å². The van der Waals surface area contributed by atoms with Crippen LogP contribution in [0.15, 0.2) is 85.6 Å². The zero-order chi connectivity index (χ0) is 32.2. The second-order valence-electron chi connectivity index (χ2n) is 10.6. The molecule has 0 aliphatic rings. The Kier molecular flexibility index (Phi) is 10.0. The molecule has 0 saturated carbocycles. The summed E-state index contributed by atoms with van der Waals surface area (Å²) >= 11 is 7.30. The Morgan fingerprint density at radius 1 is 1.00 bits per heavy atom. The summed E-state index contributed by atoms with van der Waals surface area (Å²) in [7, 11) is 1.65. The predicted octanol–water partition coefficient (Wildman–Crippen LogP) is 9.03. The van der Waals surface area contributed by atoms with Crippen LogP contribution >= 0.6 is 31.9 Å². The highest BCUT2D eigenvalue weighted by Crippen LogP contribution is 2.43. The van der Waals surface area contributed by atoms with Crippen molar-refractivity contribution < 1.29 is 18.6 Å². The van der Waals surface area contributed by atoms with Gasteiger partial charge in [-0.2, -0.15) is 9.78 Å². The lowest BCUT2D eigenvalue weighted by Crippen LogP contribution is -2.21. The van der Waals surface area contributed by atoms with E-state index in [1.165, 1.54) is 16.8 Å². The van der Waals surface area contributed by atoms with Gasteiger partial charge in [0.25, 0.3) is 5.56 Å². The number of hydrogen-bond acceptors (Lipinski definition) is 6. The summed E-state index contributed by atoms with van der Waals surface area (Å²) < 4.78 is 33.7. The van der Waals surface area contributed by atoms with Crippen LogP contribution in [0.4, 0.5) is 4.39 Å². The van der Waals surface area contributed by atoms with Crippen LogP contribution in [0.1, 0.15) is 48.9 Å². The van der Waals surface area contributed by atoms with Gasteiger partial charge in [-0.15, -0.1) is 0 Å². The van der Waals surface area contributed by atoms with Gasteiger partial charge in [-0.25, -0.2) is 9.37 Å². The molecule has 0 bridgehead atoms. The summed E-state index contributed by atoms with van der Waals surface area (Å²) in [6, 6.07) is 19.1. The van der Waals surface area contributed by atoms with Crippen molar-refractivity contribution in [3.63, 3.8) is 0 Å². The fourth-order valence-electron chi connectivity index (χ4n) is 4.92. The molecule has 45 heavy (non-hydrogen) atoms. The molecule has 7 nitrogen and oxygen atoms in total. The average molecular weight is 737 g/mol. The van der Waals surface area contributed by atoms with Crippen LogP contribution in [-0.4, -0.2) is 29.6 Å². The van der Waals surface area contributed by atoms with Crippen LogP contribution in [-0.2, 0) is 6.61 Å². The third kappa shape index (κ3) is 6.82. The minimum atomic E-state index is -0.312. The van der Waals surface area contributed by atoms with Crippen molar-refractivity contribution in [3.05, 3.63) is 114 Å². The average Bonchev–Trinajstić information content (AvgIpc) is 3.03. The Morgan fingerprint density at radius 2 is 1.73 bits per heavy atom. The highest BCUT2D eigenvalue weighted by molar-refractivity contribution is 9.13. The van der Waals surface area contributed by atoms with Gasteiger partial charge < -0.3 is 14.2 Å². The largest absolute Gasteiger partial charge is 0.496 e. The monoisotopic (exact) mass is 735 g/mol. The number of fused-ring (bicyclic) bond motifs is 1. The summed E-state index contributed by atoms with van der Waals surface area (Å²) in [5.41, 5.74) is 4.40. The lowest BCUT2D eigenvalue weighted by Gasteiger charge is -2.18. The number of hydrogen-bond donors (Lipinski definition) is 0. The summed E-state index contributed by atoms with van der Waals surface area (Å²) in [4.78, 5) is 18.8. The second-order valence-corrected chi connectivity index (χ2v) is 12.2. The van der Waals surface area contributed by atoms with Crippen molar-refractivity contribution in [1.82, 2.24) is 9.66 Å². The number of ether oxygens (including phenoxy) is 3. The molecule has 0 N–H and O–H groups in total. The van der Waals surface area contributed by atoms with E-state index in [1.807, 2.05) is 38.1 Å². The Morgan fingerprint density at radius 3 is 2.42 bits per heavy atom. The van der Waals surface area contributed by atoms with Gasteiger partial charge in [0.05, 0.1) is 35.3 Å². The zero-order valence-electron chi connectivity index (χ0n) is 25.5. The quantitative estimate of drug-likeness (QED) is 0.134. The molecule has 232 valence electrons. The number of methoxy groups -OCH3 is 1. The highest BCUT2D eigenvalue weighted by atomic mass is 79.9. The van der Waals surface area contributed by atoms with E-state index in [1.54, 1.807) is 43.7 Å². The molecule has 0 aliphatic heterocycles. The number of rotatable bonds is 10. The molecule has 0 atom stereocenters. The Bertz CT molecular complexity index is 1960. The van der Waals surface area contributed by atoms with E-state index in [0.717, 1.165) is 28.0 Å². The van der Waals surface area contributed by atoms with E-state index in [4.69, 9.17) is 24.3 Å². The fraction of sp³-hybridized carbons (Fsp3) is 0.229. The minimum absolute atomic E-state index is 0.178. The number of nitrogens with zero attached hydrogens (tertiary/aromatic N) is 3. The Hall–Kier alpha value is -4.02. The molecule has 0 fully saturated rings. The van der Waals surface area contributed by atoms with E-state index in [0.29, 0.717) is 49.3 Å². The summed E-state index contributed by atoms with van der Waals surface area (Å²) in [6.45, 7) is 8.63. The van der Waals surface area contributed by atoms with E-state index < -0.39 is 0 Å². The van der Waals surface area contributed by atoms with Gasteiger partial charge in [-0.3, -0.25) is 4.79 Å². The normalized spacial score (nSPS) is 11.5.